The second-order valence-corrected chi connectivity index (χ2v) is 0.835. The molecule has 0 bridgehead atoms. The maximum atomic E-state index is 6.48. The largest absolute Gasteiger partial charge is 0.312 e. The van der Waals surface area contributed by atoms with Gasteiger partial charge >= 0.3 is 0 Å². The highest BCUT2D eigenvalue weighted by Gasteiger charge is 1.57. The van der Waals surface area contributed by atoms with E-state index in [-0.39, 0.29) is 0 Å². The molecule has 0 aliphatic rings. The molecule has 1 heteroatoms. The van der Waals surface area contributed by atoms with Crippen molar-refractivity contribution >= 4 is 6.21 Å². The molecule has 0 unspecified atom stereocenters. The molecule has 1 nitrogen and oxygen atoms in total. The van der Waals surface area contributed by atoms with Crippen molar-refractivity contribution < 1.29 is 0 Å². The number of hydrogen-bond donors (Lipinski definition) is 1. The zero-order valence-electron chi connectivity index (χ0n) is 3.78. The molecule has 0 aromatic rings. The van der Waals surface area contributed by atoms with E-state index in [0.29, 0.717) is 6.42 Å². The van der Waals surface area contributed by atoms with Gasteiger partial charge in [-0.05, 0) is 6.92 Å². The highest BCUT2D eigenvalue weighted by atomic mass is 14.3. The summed E-state index contributed by atoms with van der Waals surface area (Å²) in [5, 5.41) is 6.48. The first-order chi connectivity index (χ1) is 2.91. The minimum atomic E-state index is 0.594. The van der Waals surface area contributed by atoms with Crippen molar-refractivity contribution in [3.8, 4) is 11.8 Å². The lowest BCUT2D eigenvalue weighted by atomic mass is 10.5. The van der Waals surface area contributed by atoms with E-state index in [4.69, 9.17) is 5.41 Å². The summed E-state index contributed by atoms with van der Waals surface area (Å²) >= 11 is 0. The van der Waals surface area contributed by atoms with Gasteiger partial charge in [0, 0.05) is 12.6 Å². The fourth-order valence-electron chi connectivity index (χ4n) is 0.153. The van der Waals surface area contributed by atoms with Gasteiger partial charge in [-0.2, -0.15) is 0 Å². The molecule has 0 fully saturated rings. The first-order valence-corrected chi connectivity index (χ1v) is 1.80. The van der Waals surface area contributed by atoms with Gasteiger partial charge in [-0.15, -0.1) is 5.92 Å². The molecule has 0 atom stereocenters. The topological polar surface area (TPSA) is 23.9 Å². The summed E-state index contributed by atoms with van der Waals surface area (Å²) in [6.45, 7) is 1.77. The van der Waals surface area contributed by atoms with Crippen molar-refractivity contribution in [3.63, 3.8) is 0 Å². The van der Waals surface area contributed by atoms with Crippen LogP contribution in [0.5, 0.6) is 0 Å². The maximum Gasteiger partial charge on any atom is 0.0437 e. The van der Waals surface area contributed by atoms with Gasteiger partial charge in [0.2, 0.25) is 0 Å². The standard InChI is InChI=1S/C5H7N/c1-2-3-4-5-6/h5-6H,4H2,1H3. The quantitative estimate of drug-likeness (QED) is 0.360. The van der Waals surface area contributed by atoms with E-state index in [1.54, 1.807) is 6.92 Å². The molecule has 0 heterocycles. The number of hydrogen-bond acceptors (Lipinski definition) is 1. The molecule has 6 heavy (non-hydrogen) atoms. The summed E-state index contributed by atoms with van der Waals surface area (Å²) in [5.41, 5.74) is 0. The molecule has 0 radical (unpaired) electrons. The first-order valence-electron chi connectivity index (χ1n) is 1.80. The molecule has 32 valence electrons. The van der Waals surface area contributed by atoms with E-state index >= 15 is 0 Å². The van der Waals surface area contributed by atoms with Crippen LogP contribution in [-0.4, -0.2) is 6.21 Å². The van der Waals surface area contributed by atoms with Crippen molar-refractivity contribution in [2.75, 3.05) is 0 Å². The fraction of sp³-hybridized carbons (Fsp3) is 0.400. The van der Waals surface area contributed by atoms with Crippen LogP contribution >= 0.6 is 0 Å². The molecule has 0 spiro atoms. The predicted molar refractivity (Wildman–Crippen MR) is 26.9 cm³/mol. The van der Waals surface area contributed by atoms with Crippen molar-refractivity contribution in [3.05, 3.63) is 0 Å². The van der Waals surface area contributed by atoms with Crippen molar-refractivity contribution in [1.29, 1.82) is 5.41 Å². The van der Waals surface area contributed by atoms with Crippen molar-refractivity contribution in [2.24, 2.45) is 0 Å². The van der Waals surface area contributed by atoms with Crippen LogP contribution in [0, 0.1) is 17.3 Å². The van der Waals surface area contributed by atoms with Gasteiger partial charge in [0.15, 0.2) is 0 Å². The Morgan fingerprint density at radius 1 is 1.83 bits per heavy atom. The molecule has 0 saturated heterocycles. The Morgan fingerprint density at radius 3 is 2.67 bits per heavy atom. The molecule has 0 aliphatic carbocycles. The molecule has 1 N–H and O–H groups in total. The van der Waals surface area contributed by atoms with Crippen LogP contribution in [-0.2, 0) is 0 Å². The van der Waals surface area contributed by atoms with Crippen LogP contribution in [0.1, 0.15) is 13.3 Å². The van der Waals surface area contributed by atoms with E-state index < -0.39 is 0 Å². The van der Waals surface area contributed by atoms with Gasteiger partial charge in [0.1, 0.15) is 0 Å². The number of nitrogens with one attached hydrogen (secondary N) is 1. The lowest BCUT2D eigenvalue weighted by Crippen LogP contribution is -1.60. The SMILES string of the molecule is CC#CCC=N. The monoisotopic (exact) mass is 81.1 g/mol. The highest BCUT2D eigenvalue weighted by molar-refractivity contribution is 5.56. The van der Waals surface area contributed by atoms with Crippen LogP contribution in [0.25, 0.3) is 0 Å². The Morgan fingerprint density at radius 2 is 2.50 bits per heavy atom. The zero-order chi connectivity index (χ0) is 4.83. The average Bonchev–Trinajstić information content (AvgIpc) is 1.61. The average molecular weight is 81.1 g/mol. The third-order valence-corrected chi connectivity index (χ3v) is 0.381. The van der Waals surface area contributed by atoms with Gasteiger partial charge in [0.25, 0.3) is 0 Å². The second kappa shape index (κ2) is 4.23. The lowest BCUT2D eigenvalue weighted by Gasteiger charge is -1.62. The predicted octanol–water partition coefficient (Wildman–Crippen LogP) is 1.05. The molecule has 0 amide bonds. The molecular formula is C5H7N. The third kappa shape index (κ3) is 3.23. The van der Waals surface area contributed by atoms with E-state index in [0.717, 1.165) is 0 Å². The normalized spacial score (nSPS) is 5.50. The van der Waals surface area contributed by atoms with E-state index in [2.05, 4.69) is 11.8 Å². The fourth-order valence-corrected chi connectivity index (χ4v) is 0.153. The second-order valence-electron chi connectivity index (χ2n) is 0.835. The minimum Gasteiger partial charge on any atom is -0.312 e. The Balaban J connectivity index is 3.00. The maximum absolute atomic E-state index is 6.48. The summed E-state index contributed by atoms with van der Waals surface area (Å²) in [7, 11) is 0. The molecule has 0 aromatic heterocycles. The van der Waals surface area contributed by atoms with Crippen LogP contribution in [0.4, 0.5) is 0 Å². The smallest absolute Gasteiger partial charge is 0.0437 e. The number of rotatable bonds is 1. The van der Waals surface area contributed by atoms with Gasteiger partial charge in [-0.3, -0.25) is 0 Å². The molecule has 0 aliphatic heterocycles. The van der Waals surface area contributed by atoms with Crippen LogP contribution in [0.15, 0.2) is 0 Å². The van der Waals surface area contributed by atoms with Crippen LogP contribution in [0.3, 0.4) is 0 Å². The van der Waals surface area contributed by atoms with E-state index in [9.17, 15) is 0 Å². The highest BCUT2D eigenvalue weighted by Crippen LogP contribution is 1.60. The third-order valence-electron chi connectivity index (χ3n) is 0.381. The van der Waals surface area contributed by atoms with Gasteiger partial charge in [-0.25, -0.2) is 0 Å². The summed E-state index contributed by atoms with van der Waals surface area (Å²) in [6.07, 6.45) is 1.88. The van der Waals surface area contributed by atoms with Gasteiger partial charge in [0.05, 0.1) is 0 Å². The Labute approximate surface area is 37.9 Å². The van der Waals surface area contributed by atoms with Crippen LogP contribution < -0.4 is 0 Å². The zero-order valence-corrected chi connectivity index (χ0v) is 3.78. The lowest BCUT2D eigenvalue weighted by molar-refractivity contribution is 1.48. The molecule has 0 rings (SSSR count). The Bertz CT molecular complexity index is 83.8. The van der Waals surface area contributed by atoms with Crippen molar-refractivity contribution in [1.82, 2.24) is 0 Å². The molecule has 0 aromatic carbocycles. The van der Waals surface area contributed by atoms with Gasteiger partial charge < -0.3 is 5.41 Å². The first kappa shape index (κ1) is 5.23. The van der Waals surface area contributed by atoms with Gasteiger partial charge in [-0.1, -0.05) is 5.92 Å². The Kier molecular flexibility index (Phi) is 3.69. The van der Waals surface area contributed by atoms with E-state index in [1.165, 1.54) is 6.21 Å². The van der Waals surface area contributed by atoms with E-state index in [1.807, 2.05) is 0 Å². The van der Waals surface area contributed by atoms with Crippen molar-refractivity contribution in [2.45, 2.75) is 13.3 Å². The molecule has 0 saturated carbocycles. The Hall–Kier alpha value is -0.770. The summed E-state index contributed by atoms with van der Waals surface area (Å²) in [4.78, 5) is 0. The minimum absolute atomic E-state index is 0.594. The van der Waals surface area contributed by atoms with Crippen LogP contribution in [0.2, 0.25) is 0 Å². The summed E-state index contributed by atoms with van der Waals surface area (Å²) in [6, 6.07) is 0. The molecular weight excluding hydrogens is 74.1 g/mol. The summed E-state index contributed by atoms with van der Waals surface area (Å²) in [5.74, 6) is 5.37. The summed E-state index contributed by atoms with van der Waals surface area (Å²) < 4.78 is 0.